The minimum absolute atomic E-state index is 0.398. The Bertz CT molecular complexity index is 521. The summed E-state index contributed by atoms with van der Waals surface area (Å²) in [5, 5.41) is 13.9. The van der Waals surface area contributed by atoms with Crippen LogP contribution in [0.15, 0.2) is 0 Å². The first-order chi connectivity index (χ1) is 9.69. The minimum Gasteiger partial charge on any atom is -0.397 e. The Kier molecular flexibility index (Phi) is 3.86. The van der Waals surface area contributed by atoms with E-state index in [1.54, 1.807) is 0 Å². The highest BCUT2D eigenvalue weighted by atomic mass is 32.1. The first-order valence-electron chi connectivity index (χ1n) is 7.50. The lowest BCUT2D eigenvalue weighted by Crippen LogP contribution is -2.32. The molecule has 1 aliphatic carbocycles. The topological polar surface area (TPSA) is 65.1 Å². The van der Waals surface area contributed by atoms with Crippen molar-refractivity contribution in [2.75, 3.05) is 30.7 Å². The van der Waals surface area contributed by atoms with E-state index in [0.29, 0.717) is 16.8 Å². The summed E-state index contributed by atoms with van der Waals surface area (Å²) in [7, 11) is 0. The summed E-state index contributed by atoms with van der Waals surface area (Å²) >= 11 is 1.52. The van der Waals surface area contributed by atoms with Crippen molar-refractivity contribution in [3.63, 3.8) is 0 Å². The largest absolute Gasteiger partial charge is 0.397 e. The number of likely N-dealkylation sites (tertiary alicyclic amines) is 1. The van der Waals surface area contributed by atoms with Gasteiger partial charge in [-0.25, -0.2) is 0 Å². The average molecular weight is 290 g/mol. The number of hydrogen-bond acceptors (Lipinski definition) is 5. The van der Waals surface area contributed by atoms with Crippen molar-refractivity contribution in [3.05, 3.63) is 10.4 Å². The molecule has 5 heteroatoms. The zero-order valence-corrected chi connectivity index (χ0v) is 12.8. The summed E-state index contributed by atoms with van der Waals surface area (Å²) in [6.07, 6.45) is 5.07. The Morgan fingerprint density at radius 2 is 2.15 bits per heavy atom. The van der Waals surface area contributed by atoms with E-state index in [2.05, 4.69) is 23.2 Å². The van der Waals surface area contributed by atoms with Crippen LogP contribution >= 0.6 is 11.3 Å². The fourth-order valence-electron chi connectivity index (χ4n) is 3.05. The molecule has 0 radical (unpaired) electrons. The highest BCUT2D eigenvalue weighted by molar-refractivity contribution is 7.17. The van der Waals surface area contributed by atoms with E-state index in [1.165, 1.54) is 55.7 Å². The Morgan fingerprint density at radius 1 is 1.45 bits per heavy atom. The second-order valence-corrected chi connectivity index (χ2v) is 7.05. The maximum atomic E-state index is 9.17. The van der Waals surface area contributed by atoms with E-state index < -0.39 is 0 Å². The molecule has 1 saturated carbocycles. The van der Waals surface area contributed by atoms with Gasteiger partial charge in [0.1, 0.15) is 10.9 Å². The molecule has 0 amide bonds. The number of hydrogen-bond donors (Lipinski definition) is 2. The van der Waals surface area contributed by atoms with Crippen molar-refractivity contribution in [3.8, 4) is 6.07 Å². The quantitative estimate of drug-likeness (QED) is 0.875. The first-order valence-corrected chi connectivity index (χ1v) is 8.32. The van der Waals surface area contributed by atoms with E-state index in [9.17, 15) is 0 Å². The third kappa shape index (κ3) is 2.77. The predicted octanol–water partition coefficient (Wildman–Crippen LogP) is 2.98. The van der Waals surface area contributed by atoms with Crippen LogP contribution in [0.2, 0.25) is 0 Å². The third-order valence-electron chi connectivity index (χ3n) is 4.18. The molecule has 2 aliphatic rings. The molecule has 0 spiro atoms. The van der Waals surface area contributed by atoms with Crippen molar-refractivity contribution in [2.45, 2.75) is 44.6 Å². The van der Waals surface area contributed by atoms with Gasteiger partial charge < -0.3 is 16.0 Å². The molecule has 1 atom stereocenters. The van der Waals surface area contributed by atoms with Crippen LogP contribution in [0.25, 0.3) is 0 Å². The van der Waals surface area contributed by atoms with Gasteiger partial charge in [0.05, 0.1) is 10.7 Å². The van der Waals surface area contributed by atoms with Crippen molar-refractivity contribution in [1.82, 2.24) is 4.90 Å². The fraction of sp³-hybridized carbons (Fsp3) is 0.667. The van der Waals surface area contributed by atoms with Gasteiger partial charge in [-0.3, -0.25) is 0 Å². The Hall–Kier alpha value is -1.25. The van der Waals surface area contributed by atoms with Crippen molar-refractivity contribution in [1.29, 1.82) is 5.26 Å². The van der Waals surface area contributed by atoms with Gasteiger partial charge in [-0.15, -0.1) is 11.3 Å². The van der Waals surface area contributed by atoms with Crippen LogP contribution < -0.4 is 11.1 Å². The highest BCUT2D eigenvalue weighted by Gasteiger charge is 2.32. The number of nitrogen functional groups attached to an aromatic ring is 1. The van der Waals surface area contributed by atoms with Gasteiger partial charge >= 0.3 is 0 Å². The predicted molar refractivity (Wildman–Crippen MR) is 84.2 cm³/mol. The first kappa shape index (κ1) is 13.7. The van der Waals surface area contributed by atoms with Crippen LogP contribution in [0.5, 0.6) is 0 Å². The molecule has 0 bridgehead atoms. The van der Waals surface area contributed by atoms with Crippen LogP contribution in [-0.4, -0.2) is 30.6 Å². The molecule has 2 heterocycles. The third-order valence-corrected chi connectivity index (χ3v) is 5.24. The Morgan fingerprint density at radius 3 is 2.75 bits per heavy atom. The molecule has 1 aromatic rings. The van der Waals surface area contributed by atoms with Crippen LogP contribution in [0.4, 0.5) is 10.7 Å². The number of nitrogens with two attached hydrogens (primary N) is 1. The minimum atomic E-state index is 0.398. The molecule has 3 N–H and O–H groups in total. The molecule has 108 valence electrons. The van der Waals surface area contributed by atoms with Crippen molar-refractivity contribution >= 4 is 22.0 Å². The van der Waals surface area contributed by atoms with Crippen LogP contribution in [-0.2, 0) is 0 Å². The molecule has 4 nitrogen and oxygen atoms in total. The van der Waals surface area contributed by atoms with Gasteiger partial charge in [-0.1, -0.05) is 0 Å². The van der Waals surface area contributed by atoms with Gasteiger partial charge in [0, 0.05) is 18.2 Å². The lowest BCUT2D eigenvalue weighted by Gasteiger charge is -2.22. The molecule has 2 fully saturated rings. The summed E-state index contributed by atoms with van der Waals surface area (Å²) in [4.78, 5) is 3.18. The van der Waals surface area contributed by atoms with Crippen LogP contribution in [0.3, 0.4) is 0 Å². The maximum Gasteiger partial charge on any atom is 0.130 e. The summed E-state index contributed by atoms with van der Waals surface area (Å²) in [6.45, 7) is 5.73. The van der Waals surface area contributed by atoms with E-state index in [1.807, 2.05) is 0 Å². The van der Waals surface area contributed by atoms with Crippen molar-refractivity contribution in [2.24, 2.45) is 0 Å². The van der Waals surface area contributed by atoms with Crippen molar-refractivity contribution < 1.29 is 0 Å². The second-order valence-electron chi connectivity index (χ2n) is 6.03. The smallest absolute Gasteiger partial charge is 0.130 e. The van der Waals surface area contributed by atoms with E-state index in [0.717, 1.165) is 17.2 Å². The van der Waals surface area contributed by atoms with E-state index in [-0.39, 0.29) is 0 Å². The van der Waals surface area contributed by atoms with Gasteiger partial charge in [0.15, 0.2) is 0 Å². The highest BCUT2D eigenvalue weighted by Crippen LogP contribution is 2.50. The number of nitrogens with zero attached hydrogens (tertiary/aromatic N) is 2. The molecular formula is C15H22N4S. The number of nitrogens with one attached hydrogen (secondary N) is 1. The number of anilines is 2. The van der Waals surface area contributed by atoms with Crippen LogP contribution in [0.1, 0.15) is 49.0 Å². The lowest BCUT2D eigenvalue weighted by atomic mass is 10.1. The summed E-state index contributed by atoms with van der Waals surface area (Å²) in [6, 6.07) is 2.63. The molecule has 0 aromatic carbocycles. The van der Waals surface area contributed by atoms with Gasteiger partial charge in [0.25, 0.3) is 0 Å². The Labute approximate surface area is 124 Å². The number of nitriles is 1. The number of rotatable bonds is 5. The summed E-state index contributed by atoms with van der Waals surface area (Å²) in [5.41, 5.74) is 8.06. The average Bonchev–Trinajstić information content (AvgIpc) is 3.02. The molecule has 1 aliphatic heterocycles. The lowest BCUT2D eigenvalue weighted by molar-refractivity contribution is 0.328. The monoisotopic (exact) mass is 290 g/mol. The van der Waals surface area contributed by atoms with Gasteiger partial charge in [-0.05, 0) is 51.6 Å². The van der Waals surface area contributed by atoms with Gasteiger partial charge in [-0.2, -0.15) is 5.26 Å². The molecule has 20 heavy (non-hydrogen) atoms. The Balaban J connectivity index is 1.71. The summed E-state index contributed by atoms with van der Waals surface area (Å²) in [5.74, 6) is 0.579. The zero-order valence-electron chi connectivity index (χ0n) is 12.0. The molecule has 1 aromatic heterocycles. The second kappa shape index (κ2) is 5.63. The normalized spacial score (nSPS) is 20.8. The molecule has 1 unspecified atom stereocenters. The molecular weight excluding hydrogens is 268 g/mol. The van der Waals surface area contributed by atoms with E-state index in [4.69, 9.17) is 11.0 Å². The molecule has 3 rings (SSSR count). The zero-order chi connectivity index (χ0) is 14.1. The van der Waals surface area contributed by atoms with Gasteiger partial charge in [0.2, 0.25) is 0 Å². The number of thiophene rings is 1. The van der Waals surface area contributed by atoms with Crippen LogP contribution in [0, 0.1) is 11.3 Å². The maximum absolute atomic E-state index is 9.17. The fourth-order valence-corrected chi connectivity index (χ4v) is 4.16. The summed E-state index contributed by atoms with van der Waals surface area (Å²) < 4.78 is 0. The molecule has 1 saturated heterocycles. The van der Waals surface area contributed by atoms with E-state index >= 15 is 0 Å². The standard InChI is InChI=1S/C15H22N4S/c1-10(9-19-6-2-3-7-19)18-15-13(11-4-5-11)14(17)12(8-16)20-15/h10-11,18H,2-7,9,17H2,1H3. The SMILES string of the molecule is CC(CN1CCCC1)Nc1sc(C#N)c(N)c1C1CC1.